The van der Waals surface area contributed by atoms with Crippen LogP contribution in [-0.2, 0) is 4.79 Å². The summed E-state index contributed by atoms with van der Waals surface area (Å²) in [5.74, 6) is 1.95. The lowest BCUT2D eigenvalue weighted by molar-refractivity contribution is -0.114. The van der Waals surface area contributed by atoms with Gasteiger partial charge in [0.25, 0.3) is 0 Å². The second-order valence-electron chi connectivity index (χ2n) is 6.95. The van der Waals surface area contributed by atoms with Crippen LogP contribution in [0.2, 0.25) is 0 Å². The minimum absolute atomic E-state index is 0.108. The summed E-state index contributed by atoms with van der Waals surface area (Å²) in [7, 11) is 4.07. The average Bonchev–Trinajstić information content (AvgIpc) is 2.68. The lowest BCUT2D eigenvalue weighted by atomic mass is 10.2. The highest BCUT2D eigenvalue weighted by atomic mass is 16.1. The number of likely N-dealkylation sites (N-methyl/N-ethyl adjacent to an activating group) is 1. The Balaban J connectivity index is 1.87. The number of anilines is 4. The number of amides is 1. The minimum atomic E-state index is -0.108. The van der Waals surface area contributed by atoms with Gasteiger partial charge in [0.2, 0.25) is 5.91 Å². The Kier molecular flexibility index (Phi) is 6.76. The Morgan fingerprint density at radius 1 is 0.931 bits per heavy atom. The number of hydrogen-bond acceptors (Lipinski definition) is 6. The van der Waals surface area contributed by atoms with Crippen LogP contribution in [0.5, 0.6) is 0 Å². The maximum atomic E-state index is 11.3. The maximum Gasteiger partial charge on any atom is 0.221 e. The fourth-order valence-electron chi connectivity index (χ4n) is 2.75. The number of carbonyl (C=O) groups is 1. The molecular formula is C22H26N6O. The van der Waals surface area contributed by atoms with Crippen molar-refractivity contribution >= 4 is 28.9 Å². The number of hydrogen-bond donors (Lipinski definition) is 3. The first kappa shape index (κ1) is 20.3. The largest absolute Gasteiger partial charge is 0.369 e. The third-order valence-electron chi connectivity index (χ3n) is 4.08. The predicted octanol–water partition coefficient (Wildman–Crippen LogP) is 3.82. The minimum Gasteiger partial charge on any atom is -0.369 e. The van der Waals surface area contributed by atoms with Crippen LogP contribution in [0.3, 0.4) is 0 Å². The smallest absolute Gasteiger partial charge is 0.221 e. The van der Waals surface area contributed by atoms with E-state index >= 15 is 0 Å². The SMILES string of the molecule is CC(=O)Nc1cccc(Nc2cc(NCCN(C)C)nc(-c3ccccc3)n2)c1. The topological polar surface area (TPSA) is 82.2 Å². The van der Waals surface area contributed by atoms with Gasteiger partial charge in [0.15, 0.2) is 5.82 Å². The fourth-order valence-corrected chi connectivity index (χ4v) is 2.75. The standard InChI is InChI=1S/C22H26N6O/c1-16(29)24-18-10-7-11-19(14-18)25-21-15-20(23-12-13-28(2)3)26-22(27-21)17-8-5-4-6-9-17/h4-11,14-15H,12-13H2,1-3H3,(H,24,29)(H2,23,25,26,27). The number of nitrogens with zero attached hydrogens (tertiary/aromatic N) is 3. The first-order chi connectivity index (χ1) is 14.0. The van der Waals surface area contributed by atoms with E-state index in [1.807, 2.05) is 74.8 Å². The number of nitrogens with one attached hydrogen (secondary N) is 3. The van der Waals surface area contributed by atoms with E-state index in [4.69, 9.17) is 0 Å². The van der Waals surface area contributed by atoms with Crippen molar-refractivity contribution < 1.29 is 4.79 Å². The molecule has 29 heavy (non-hydrogen) atoms. The summed E-state index contributed by atoms with van der Waals surface area (Å²) >= 11 is 0. The van der Waals surface area contributed by atoms with Crippen molar-refractivity contribution in [2.45, 2.75) is 6.92 Å². The van der Waals surface area contributed by atoms with E-state index in [2.05, 4.69) is 30.8 Å². The molecule has 3 N–H and O–H groups in total. The van der Waals surface area contributed by atoms with Gasteiger partial charge in [-0.1, -0.05) is 36.4 Å². The molecule has 150 valence electrons. The van der Waals surface area contributed by atoms with Crippen LogP contribution in [0, 0.1) is 0 Å². The first-order valence-electron chi connectivity index (χ1n) is 9.47. The molecule has 0 saturated carbocycles. The molecule has 1 aromatic heterocycles. The molecule has 0 fully saturated rings. The van der Waals surface area contributed by atoms with Crippen LogP contribution in [-0.4, -0.2) is 48.0 Å². The molecule has 1 amide bonds. The second kappa shape index (κ2) is 9.66. The van der Waals surface area contributed by atoms with E-state index in [1.165, 1.54) is 6.92 Å². The summed E-state index contributed by atoms with van der Waals surface area (Å²) in [4.78, 5) is 22.8. The van der Waals surface area contributed by atoms with Crippen molar-refractivity contribution in [3.8, 4) is 11.4 Å². The molecule has 0 aliphatic carbocycles. The van der Waals surface area contributed by atoms with Gasteiger partial charge in [-0.3, -0.25) is 4.79 Å². The quantitative estimate of drug-likeness (QED) is 0.542. The predicted molar refractivity (Wildman–Crippen MR) is 119 cm³/mol. The van der Waals surface area contributed by atoms with Crippen molar-refractivity contribution in [3.05, 3.63) is 60.7 Å². The van der Waals surface area contributed by atoms with Gasteiger partial charge < -0.3 is 20.9 Å². The van der Waals surface area contributed by atoms with Crippen molar-refractivity contribution in [2.75, 3.05) is 43.1 Å². The summed E-state index contributed by atoms with van der Waals surface area (Å²) in [6.07, 6.45) is 0. The van der Waals surface area contributed by atoms with Crippen molar-refractivity contribution in [2.24, 2.45) is 0 Å². The van der Waals surface area contributed by atoms with Gasteiger partial charge in [0, 0.05) is 43.0 Å². The molecule has 7 heteroatoms. The van der Waals surface area contributed by atoms with Gasteiger partial charge in [-0.05, 0) is 32.3 Å². The number of carbonyl (C=O) groups excluding carboxylic acids is 1. The highest BCUT2D eigenvalue weighted by molar-refractivity contribution is 5.89. The Hall–Kier alpha value is -3.45. The Morgan fingerprint density at radius 3 is 2.38 bits per heavy atom. The molecule has 0 bridgehead atoms. The summed E-state index contributed by atoms with van der Waals surface area (Å²) in [5, 5.41) is 9.46. The molecule has 3 rings (SSSR count). The van der Waals surface area contributed by atoms with Gasteiger partial charge in [-0.25, -0.2) is 9.97 Å². The lowest BCUT2D eigenvalue weighted by Gasteiger charge is -2.14. The zero-order valence-electron chi connectivity index (χ0n) is 16.9. The number of benzene rings is 2. The zero-order valence-corrected chi connectivity index (χ0v) is 16.9. The molecule has 0 saturated heterocycles. The third kappa shape index (κ3) is 6.29. The van der Waals surface area contributed by atoms with Gasteiger partial charge in [-0.2, -0.15) is 0 Å². The lowest BCUT2D eigenvalue weighted by Crippen LogP contribution is -2.21. The van der Waals surface area contributed by atoms with Gasteiger partial charge >= 0.3 is 0 Å². The molecular weight excluding hydrogens is 364 g/mol. The van der Waals surface area contributed by atoms with E-state index in [1.54, 1.807) is 0 Å². The molecule has 7 nitrogen and oxygen atoms in total. The second-order valence-corrected chi connectivity index (χ2v) is 6.95. The fraction of sp³-hybridized carbons (Fsp3) is 0.227. The molecule has 0 aliphatic rings. The Morgan fingerprint density at radius 2 is 1.66 bits per heavy atom. The van der Waals surface area contributed by atoms with Crippen LogP contribution in [0.15, 0.2) is 60.7 Å². The number of aromatic nitrogens is 2. The molecule has 0 aliphatic heterocycles. The van der Waals surface area contributed by atoms with Crippen molar-refractivity contribution in [3.63, 3.8) is 0 Å². The van der Waals surface area contributed by atoms with E-state index < -0.39 is 0 Å². The monoisotopic (exact) mass is 390 g/mol. The zero-order chi connectivity index (χ0) is 20.6. The van der Waals surface area contributed by atoms with Crippen LogP contribution >= 0.6 is 0 Å². The van der Waals surface area contributed by atoms with E-state index in [9.17, 15) is 4.79 Å². The molecule has 2 aromatic carbocycles. The number of rotatable bonds is 8. The van der Waals surface area contributed by atoms with Crippen molar-refractivity contribution in [1.82, 2.24) is 14.9 Å². The highest BCUT2D eigenvalue weighted by Crippen LogP contribution is 2.24. The van der Waals surface area contributed by atoms with Crippen LogP contribution in [0.25, 0.3) is 11.4 Å². The molecule has 0 radical (unpaired) electrons. The van der Waals surface area contributed by atoms with Gasteiger partial charge in [0.05, 0.1) is 0 Å². The van der Waals surface area contributed by atoms with Gasteiger partial charge in [0.1, 0.15) is 11.6 Å². The van der Waals surface area contributed by atoms with Gasteiger partial charge in [-0.15, -0.1) is 0 Å². The third-order valence-corrected chi connectivity index (χ3v) is 4.08. The van der Waals surface area contributed by atoms with Crippen LogP contribution in [0.4, 0.5) is 23.0 Å². The van der Waals surface area contributed by atoms with E-state index in [0.29, 0.717) is 11.6 Å². The highest BCUT2D eigenvalue weighted by Gasteiger charge is 2.08. The molecule has 3 aromatic rings. The van der Waals surface area contributed by atoms with E-state index in [-0.39, 0.29) is 5.91 Å². The molecule has 1 heterocycles. The Bertz CT molecular complexity index is 959. The summed E-state index contributed by atoms with van der Waals surface area (Å²) in [5.41, 5.74) is 2.50. The Labute approximate surface area is 171 Å². The summed E-state index contributed by atoms with van der Waals surface area (Å²) in [6, 6.07) is 19.3. The van der Waals surface area contributed by atoms with Crippen molar-refractivity contribution in [1.29, 1.82) is 0 Å². The maximum absolute atomic E-state index is 11.3. The molecule has 0 spiro atoms. The summed E-state index contributed by atoms with van der Waals surface area (Å²) < 4.78 is 0. The molecule has 0 atom stereocenters. The van der Waals surface area contributed by atoms with E-state index in [0.717, 1.165) is 35.8 Å². The molecule has 0 unspecified atom stereocenters. The summed E-state index contributed by atoms with van der Waals surface area (Å²) in [6.45, 7) is 3.16. The average molecular weight is 390 g/mol. The normalized spacial score (nSPS) is 10.6. The van der Waals surface area contributed by atoms with Crippen LogP contribution in [0.1, 0.15) is 6.92 Å². The first-order valence-corrected chi connectivity index (χ1v) is 9.47. The van der Waals surface area contributed by atoms with Crippen LogP contribution < -0.4 is 16.0 Å².